The van der Waals surface area contributed by atoms with Crippen LogP contribution >= 0.6 is 15.9 Å². The average molecular weight is 312 g/mol. The topological polar surface area (TPSA) is 31.4 Å². The molecule has 18 heavy (non-hydrogen) atoms. The highest BCUT2D eigenvalue weighted by Crippen LogP contribution is 2.27. The van der Waals surface area contributed by atoms with Crippen LogP contribution in [-0.2, 0) is 0 Å². The monoisotopic (exact) mass is 311 g/mol. The molecule has 0 fully saturated rings. The van der Waals surface area contributed by atoms with Crippen molar-refractivity contribution in [2.24, 2.45) is 0 Å². The lowest BCUT2D eigenvalue weighted by molar-refractivity contribution is 0.320. The lowest BCUT2D eigenvalue weighted by Crippen LogP contribution is -1.96. The summed E-state index contributed by atoms with van der Waals surface area (Å²) in [7, 11) is 0. The number of rotatable bonds is 4. The normalized spacial score (nSPS) is 10.2. The van der Waals surface area contributed by atoms with Crippen molar-refractivity contribution in [1.29, 1.82) is 0 Å². The van der Waals surface area contributed by atoms with Crippen LogP contribution in [0.15, 0.2) is 40.9 Å². The Morgan fingerprint density at radius 2 is 2.00 bits per heavy atom. The van der Waals surface area contributed by atoms with Crippen LogP contribution in [0.25, 0.3) is 0 Å². The third kappa shape index (κ3) is 3.20. The van der Waals surface area contributed by atoms with Gasteiger partial charge in [0.25, 0.3) is 0 Å². The number of pyridine rings is 1. The summed E-state index contributed by atoms with van der Waals surface area (Å²) < 4.78 is 24.9. The first-order valence-electron chi connectivity index (χ1n) is 5.42. The molecule has 0 N–H and O–H groups in total. The first-order chi connectivity index (χ1) is 8.69. The van der Waals surface area contributed by atoms with E-state index in [9.17, 15) is 4.39 Å². The Morgan fingerprint density at radius 3 is 2.78 bits per heavy atom. The van der Waals surface area contributed by atoms with Gasteiger partial charge < -0.3 is 9.47 Å². The maximum Gasteiger partial charge on any atom is 0.222 e. The second-order valence-electron chi connectivity index (χ2n) is 3.42. The molecule has 1 aromatic heterocycles. The van der Waals surface area contributed by atoms with Gasteiger partial charge in [0, 0.05) is 16.6 Å². The van der Waals surface area contributed by atoms with E-state index < -0.39 is 5.82 Å². The van der Waals surface area contributed by atoms with Gasteiger partial charge in [-0.2, -0.15) is 4.98 Å². The minimum absolute atomic E-state index is 0.116. The standard InChI is InChI=1S/C13H11BrFNO2/c1-2-17-12-4-3-5-13(16-12)18-11-8-9(14)6-7-10(11)15/h3-8H,2H2,1H3. The van der Waals surface area contributed by atoms with Gasteiger partial charge in [-0.05, 0) is 25.1 Å². The Balaban J connectivity index is 2.22. The molecule has 0 spiro atoms. The molecule has 2 aromatic rings. The zero-order valence-corrected chi connectivity index (χ0v) is 11.3. The Hall–Kier alpha value is -1.62. The molecule has 0 saturated carbocycles. The molecule has 0 radical (unpaired) electrons. The molecular weight excluding hydrogens is 301 g/mol. The molecule has 2 rings (SSSR count). The van der Waals surface area contributed by atoms with E-state index in [2.05, 4.69) is 20.9 Å². The highest BCUT2D eigenvalue weighted by atomic mass is 79.9. The van der Waals surface area contributed by atoms with Gasteiger partial charge in [0.2, 0.25) is 11.8 Å². The molecule has 94 valence electrons. The fraction of sp³-hybridized carbons (Fsp3) is 0.154. The van der Waals surface area contributed by atoms with Crippen molar-refractivity contribution in [2.45, 2.75) is 6.92 Å². The molecule has 0 bridgehead atoms. The molecule has 5 heteroatoms. The number of benzene rings is 1. The van der Waals surface area contributed by atoms with E-state index in [1.165, 1.54) is 6.07 Å². The van der Waals surface area contributed by atoms with Crippen LogP contribution in [0.1, 0.15) is 6.92 Å². The van der Waals surface area contributed by atoms with Crippen molar-refractivity contribution in [3.63, 3.8) is 0 Å². The lowest BCUT2D eigenvalue weighted by atomic mass is 10.3. The molecule has 0 saturated heterocycles. The summed E-state index contributed by atoms with van der Waals surface area (Å²) in [6.45, 7) is 2.38. The number of halogens is 2. The third-order valence-electron chi connectivity index (χ3n) is 2.10. The predicted octanol–water partition coefficient (Wildman–Crippen LogP) is 4.17. The number of nitrogens with zero attached hydrogens (tertiary/aromatic N) is 1. The van der Waals surface area contributed by atoms with Crippen LogP contribution in [0.2, 0.25) is 0 Å². The summed E-state index contributed by atoms with van der Waals surface area (Å²) in [5, 5.41) is 0. The SMILES string of the molecule is CCOc1cccc(Oc2cc(Br)ccc2F)n1. The number of hydrogen-bond donors (Lipinski definition) is 0. The summed E-state index contributed by atoms with van der Waals surface area (Å²) in [6.07, 6.45) is 0. The first kappa shape index (κ1) is 12.8. The summed E-state index contributed by atoms with van der Waals surface area (Å²) in [5.41, 5.74) is 0. The van der Waals surface area contributed by atoms with Crippen molar-refractivity contribution in [2.75, 3.05) is 6.61 Å². The average Bonchev–Trinajstić information content (AvgIpc) is 2.35. The fourth-order valence-electron chi connectivity index (χ4n) is 1.35. The maximum absolute atomic E-state index is 13.5. The minimum Gasteiger partial charge on any atom is -0.478 e. The Kier molecular flexibility index (Phi) is 4.15. The second kappa shape index (κ2) is 5.82. The molecule has 0 aliphatic carbocycles. The zero-order valence-electron chi connectivity index (χ0n) is 9.69. The van der Waals surface area contributed by atoms with Crippen LogP contribution in [0, 0.1) is 5.82 Å². The molecule has 0 aliphatic heterocycles. The van der Waals surface area contributed by atoms with Crippen LogP contribution in [0.4, 0.5) is 4.39 Å². The summed E-state index contributed by atoms with van der Waals surface area (Å²) in [4.78, 5) is 4.10. The summed E-state index contributed by atoms with van der Waals surface area (Å²) in [5.74, 6) is 0.413. The van der Waals surface area contributed by atoms with E-state index in [0.717, 1.165) is 4.47 Å². The van der Waals surface area contributed by atoms with Crippen molar-refractivity contribution < 1.29 is 13.9 Å². The van der Waals surface area contributed by atoms with Crippen molar-refractivity contribution in [1.82, 2.24) is 4.98 Å². The molecule has 0 aliphatic rings. The van der Waals surface area contributed by atoms with Crippen LogP contribution < -0.4 is 9.47 Å². The molecule has 0 amide bonds. The van der Waals surface area contributed by atoms with Crippen LogP contribution in [0.3, 0.4) is 0 Å². The van der Waals surface area contributed by atoms with Gasteiger partial charge >= 0.3 is 0 Å². The number of aromatic nitrogens is 1. The van der Waals surface area contributed by atoms with E-state index in [-0.39, 0.29) is 11.6 Å². The van der Waals surface area contributed by atoms with Gasteiger partial charge in [-0.25, -0.2) is 4.39 Å². The first-order valence-corrected chi connectivity index (χ1v) is 6.21. The van der Waals surface area contributed by atoms with Gasteiger partial charge in [0.1, 0.15) is 0 Å². The Morgan fingerprint density at radius 1 is 1.22 bits per heavy atom. The Labute approximate surface area is 113 Å². The highest BCUT2D eigenvalue weighted by Gasteiger charge is 2.07. The number of ether oxygens (including phenoxy) is 2. The zero-order chi connectivity index (χ0) is 13.0. The third-order valence-corrected chi connectivity index (χ3v) is 2.59. The largest absolute Gasteiger partial charge is 0.478 e. The van der Waals surface area contributed by atoms with Crippen molar-refractivity contribution in [3.05, 3.63) is 46.7 Å². The van der Waals surface area contributed by atoms with Gasteiger partial charge in [0.05, 0.1) is 6.61 Å². The second-order valence-corrected chi connectivity index (χ2v) is 4.34. The molecule has 0 unspecified atom stereocenters. The van der Waals surface area contributed by atoms with E-state index in [0.29, 0.717) is 12.5 Å². The quantitative estimate of drug-likeness (QED) is 0.849. The van der Waals surface area contributed by atoms with E-state index >= 15 is 0 Å². The van der Waals surface area contributed by atoms with Gasteiger partial charge in [-0.1, -0.05) is 22.0 Å². The van der Waals surface area contributed by atoms with Crippen LogP contribution in [-0.4, -0.2) is 11.6 Å². The van der Waals surface area contributed by atoms with Gasteiger partial charge in [0.15, 0.2) is 11.6 Å². The maximum atomic E-state index is 13.5. The minimum atomic E-state index is -0.443. The van der Waals surface area contributed by atoms with Crippen LogP contribution in [0.5, 0.6) is 17.5 Å². The molecule has 1 heterocycles. The highest BCUT2D eigenvalue weighted by molar-refractivity contribution is 9.10. The molecular formula is C13H11BrFNO2. The summed E-state index contributed by atoms with van der Waals surface area (Å²) >= 11 is 3.26. The van der Waals surface area contributed by atoms with Gasteiger partial charge in [-0.15, -0.1) is 0 Å². The van der Waals surface area contributed by atoms with E-state index in [4.69, 9.17) is 9.47 Å². The number of hydrogen-bond acceptors (Lipinski definition) is 3. The molecule has 3 nitrogen and oxygen atoms in total. The van der Waals surface area contributed by atoms with Crippen molar-refractivity contribution >= 4 is 15.9 Å². The Bertz CT molecular complexity index is 548. The molecule has 0 atom stereocenters. The molecule has 1 aromatic carbocycles. The van der Waals surface area contributed by atoms with Crippen molar-refractivity contribution in [3.8, 4) is 17.5 Å². The lowest BCUT2D eigenvalue weighted by Gasteiger charge is -2.07. The summed E-state index contributed by atoms with van der Waals surface area (Å²) in [6, 6.07) is 9.57. The van der Waals surface area contributed by atoms with E-state index in [1.54, 1.807) is 30.3 Å². The van der Waals surface area contributed by atoms with E-state index in [1.807, 2.05) is 6.92 Å². The smallest absolute Gasteiger partial charge is 0.222 e. The predicted molar refractivity (Wildman–Crippen MR) is 69.6 cm³/mol. The fourth-order valence-corrected chi connectivity index (χ4v) is 1.69. The van der Waals surface area contributed by atoms with Gasteiger partial charge in [-0.3, -0.25) is 0 Å².